The second kappa shape index (κ2) is 11.6. The lowest BCUT2D eigenvalue weighted by Gasteiger charge is -2.27. The molecule has 0 bridgehead atoms. The highest BCUT2D eigenvalue weighted by Gasteiger charge is 2.31. The maximum absolute atomic E-state index is 12.1. The molecule has 172 valence electrons. The van der Waals surface area contributed by atoms with Crippen LogP contribution in [0.1, 0.15) is 25.3 Å². The largest absolute Gasteiger partial charge is 0.573 e. The Bertz CT molecular complexity index is 928. The molecule has 0 unspecified atom stereocenters. The number of rotatable bonds is 4. The molecule has 32 heavy (non-hydrogen) atoms. The molecule has 3 nitrogen and oxygen atoms in total. The van der Waals surface area contributed by atoms with Gasteiger partial charge in [0.05, 0.1) is 0 Å². The van der Waals surface area contributed by atoms with E-state index in [9.17, 15) is 13.2 Å². The molecule has 0 amide bonds. The van der Waals surface area contributed by atoms with Crippen molar-refractivity contribution < 1.29 is 17.9 Å². The van der Waals surface area contributed by atoms with Crippen LogP contribution in [0.2, 0.25) is 0 Å². The lowest BCUT2D eigenvalue weighted by atomic mass is 10.1. The van der Waals surface area contributed by atoms with Crippen molar-refractivity contribution in [1.29, 1.82) is 0 Å². The Morgan fingerprint density at radius 3 is 2.44 bits per heavy atom. The molecular weight excluding hydrogens is 481 g/mol. The highest BCUT2D eigenvalue weighted by Crippen LogP contribution is 2.27. The highest BCUT2D eigenvalue weighted by molar-refractivity contribution is 9.11. The van der Waals surface area contributed by atoms with Gasteiger partial charge in [-0.05, 0) is 47.5 Å². The Labute approximate surface area is 196 Å². The molecule has 2 aliphatic heterocycles. The number of halogens is 4. The molecule has 0 atom stereocenters. The fourth-order valence-corrected chi connectivity index (χ4v) is 4.00. The monoisotopic (exact) mass is 508 g/mol. The van der Waals surface area contributed by atoms with E-state index < -0.39 is 6.36 Å². The quantitative estimate of drug-likeness (QED) is 0.417. The second-order valence-corrected chi connectivity index (χ2v) is 8.84. The van der Waals surface area contributed by atoms with Gasteiger partial charge in [0.15, 0.2) is 0 Å². The van der Waals surface area contributed by atoms with E-state index in [1.165, 1.54) is 27.8 Å². The first-order valence-electron chi connectivity index (χ1n) is 10.7. The summed E-state index contributed by atoms with van der Waals surface area (Å²) in [7, 11) is 0. The molecule has 0 saturated heterocycles. The first-order chi connectivity index (χ1) is 15.3. The summed E-state index contributed by atoms with van der Waals surface area (Å²) < 4.78 is 41.5. The SMILES string of the molecule is CC1=C(Br)CCN(Cc2ccccc2)C1.FC(F)(F)Oc1cccc(N2CC=CCC2)c1. The topological polar surface area (TPSA) is 15.7 Å². The van der Waals surface area contributed by atoms with Gasteiger partial charge < -0.3 is 9.64 Å². The fourth-order valence-electron chi connectivity index (χ4n) is 3.70. The molecule has 0 fully saturated rings. The summed E-state index contributed by atoms with van der Waals surface area (Å²) in [5.74, 6) is -0.176. The molecule has 2 heterocycles. The van der Waals surface area contributed by atoms with Gasteiger partial charge in [-0.1, -0.05) is 64.5 Å². The Hall–Kier alpha value is -2.25. The Morgan fingerprint density at radius 2 is 1.78 bits per heavy atom. The van der Waals surface area contributed by atoms with E-state index in [0.29, 0.717) is 0 Å². The summed E-state index contributed by atoms with van der Waals surface area (Å²) in [5.41, 5.74) is 3.62. The van der Waals surface area contributed by atoms with Crippen molar-refractivity contribution in [2.24, 2.45) is 0 Å². The molecule has 0 aliphatic carbocycles. The van der Waals surface area contributed by atoms with Gasteiger partial charge in [0, 0.05) is 44.5 Å². The Balaban J connectivity index is 0.000000182. The summed E-state index contributed by atoms with van der Waals surface area (Å²) in [6.07, 6.45) is 1.48. The lowest BCUT2D eigenvalue weighted by molar-refractivity contribution is -0.274. The van der Waals surface area contributed by atoms with Gasteiger partial charge in [-0.25, -0.2) is 0 Å². The smallest absolute Gasteiger partial charge is 0.406 e. The summed E-state index contributed by atoms with van der Waals surface area (Å²) in [5, 5.41) is 0. The predicted octanol–water partition coefficient (Wildman–Crippen LogP) is 6.91. The van der Waals surface area contributed by atoms with E-state index in [1.54, 1.807) is 12.1 Å². The molecular formula is C25H28BrF3N2O. The number of nitrogens with zero attached hydrogens (tertiary/aromatic N) is 2. The first kappa shape index (κ1) is 24.4. The highest BCUT2D eigenvalue weighted by atomic mass is 79.9. The molecule has 7 heteroatoms. The molecule has 0 aromatic heterocycles. The standard InChI is InChI=1S/C13H16BrN.C12H12F3NO/c1-11-9-15(8-7-13(11)14)10-12-5-3-2-4-6-12;13-12(14,15)17-11-6-4-5-10(9-11)16-7-2-1-3-8-16/h2-6H,7-10H2,1H3;1-2,4-6,9H,3,7-8H2. The van der Waals surface area contributed by atoms with E-state index in [1.807, 2.05) is 11.0 Å². The maximum Gasteiger partial charge on any atom is 0.573 e. The van der Waals surface area contributed by atoms with E-state index in [4.69, 9.17) is 0 Å². The Morgan fingerprint density at radius 1 is 1.00 bits per heavy atom. The average molecular weight is 509 g/mol. The van der Waals surface area contributed by atoms with Gasteiger partial charge in [0.2, 0.25) is 0 Å². The van der Waals surface area contributed by atoms with Gasteiger partial charge in [-0.2, -0.15) is 0 Å². The van der Waals surface area contributed by atoms with Crippen LogP contribution in [0, 0.1) is 0 Å². The van der Waals surface area contributed by atoms with E-state index in [2.05, 4.69) is 68.9 Å². The molecule has 0 radical (unpaired) electrons. The summed E-state index contributed by atoms with van der Waals surface area (Å²) in [4.78, 5) is 4.50. The summed E-state index contributed by atoms with van der Waals surface area (Å²) >= 11 is 3.62. The third kappa shape index (κ3) is 8.02. The van der Waals surface area contributed by atoms with Gasteiger partial charge in [-0.3, -0.25) is 4.90 Å². The van der Waals surface area contributed by atoms with Crippen LogP contribution in [0.25, 0.3) is 0 Å². The molecule has 0 spiro atoms. The molecule has 2 aromatic carbocycles. The van der Waals surface area contributed by atoms with E-state index in [-0.39, 0.29) is 5.75 Å². The van der Waals surface area contributed by atoms with Crippen molar-refractivity contribution in [3.05, 3.63) is 82.4 Å². The number of hydrogen-bond acceptors (Lipinski definition) is 3. The van der Waals surface area contributed by atoms with Crippen LogP contribution in [0.5, 0.6) is 5.75 Å². The van der Waals surface area contributed by atoms with Crippen molar-refractivity contribution in [2.75, 3.05) is 31.1 Å². The van der Waals surface area contributed by atoms with Crippen molar-refractivity contribution in [3.63, 3.8) is 0 Å². The second-order valence-electron chi connectivity index (χ2n) is 7.88. The summed E-state index contributed by atoms with van der Waals surface area (Å²) in [6, 6.07) is 16.7. The number of alkyl halides is 3. The zero-order chi connectivity index (χ0) is 23.0. The molecule has 0 N–H and O–H groups in total. The predicted molar refractivity (Wildman–Crippen MR) is 127 cm³/mol. The van der Waals surface area contributed by atoms with Gasteiger partial charge >= 0.3 is 6.36 Å². The number of hydrogen-bond donors (Lipinski definition) is 0. The Kier molecular flexibility index (Phi) is 8.82. The minimum Gasteiger partial charge on any atom is -0.406 e. The fraction of sp³-hybridized carbons (Fsp3) is 0.360. The lowest BCUT2D eigenvalue weighted by Crippen LogP contribution is -2.29. The van der Waals surface area contributed by atoms with E-state index >= 15 is 0 Å². The van der Waals surface area contributed by atoms with Crippen LogP contribution >= 0.6 is 15.9 Å². The van der Waals surface area contributed by atoms with Gasteiger partial charge in [0.1, 0.15) is 5.75 Å². The minimum absolute atomic E-state index is 0.176. The van der Waals surface area contributed by atoms with Crippen molar-refractivity contribution in [1.82, 2.24) is 4.90 Å². The van der Waals surface area contributed by atoms with Crippen molar-refractivity contribution >= 4 is 21.6 Å². The molecule has 2 aliphatic rings. The third-order valence-corrected chi connectivity index (χ3v) is 6.37. The van der Waals surface area contributed by atoms with Crippen LogP contribution < -0.4 is 9.64 Å². The normalized spacial score (nSPS) is 17.1. The molecule has 0 saturated carbocycles. The third-order valence-electron chi connectivity index (χ3n) is 5.29. The van der Waals surface area contributed by atoms with Gasteiger partial charge in [0.25, 0.3) is 0 Å². The van der Waals surface area contributed by atoms with Crippen LogP contribution in [-0.4, -0.2) is 37.4 Å². The van der Waals surface area contributed by atoms with Crippen LogP contribution in [0.3, 0.4) is 0 Å². The number of benzene rings is 2. The molecule has 4 rings (SSSR count). The van der Waals surface area contributed by atoms with Crippen LogP contribution in [0.4, 0.5) is 18.9 Å². The zero-order valence-corrected chi connectivity index (χ0v) is 19.7. The van der Waals surface area contributed by atoms with Gasteiger partial charge in [-0.15, -0.1) is 13.2 Å². The summed E-state index contributed by atoms with van der Waals surface area (Å²) in [6.45, 7) is 7.06. The molecule has 2 aromatic rings. The number of anilines is 1. The van der Waals surface area contributed by atoms with E-state index in [0.717, 1.165) is 51.3 Å². The van der Waals surface area contributed by atoms with Crippen molar-refractivity contribution in [2.45, 2.75) is 32.7 Å². The maximum atomic E-state index is 12.1. The van der Waals surface area contributed by atoms with Crippen LogP contribution in [0.15, 0.2) is 76.8 Å². The minimum atomic E-state index is -4.64. The first-order valence-corrected chi connectivity index (χ1v) is 11.5. The zero-order valence-electron chi connectivity index (χ0n) is 18.1. The van der Waals surface area contributed by atoms with Crippen molar-refractivity contribution in [3.8, 4) is 5.75 Å². The van der Waals surface area contributed by atoms with Crippen LogP contribution in [-0.2, 0) is 6.54 Å². The average Bonchev–Trinajstić information content (AvgIpc) is 2.77. The number of ether oxygens (including phenoxy) is 1.